The van der Waals surface area contributed by atoms with Crippen LogP contribution in [0.3, 0.4) is 0 Å². The molecule has 10 heavy (non-hydrogen) atoms. The Hall–Kier alpha value is -0.0600. The summed E-state index contributed by atoms with van der Waals surface area (Å²) in [5.41, 5.74) is 1.38. The van der Waals surface area contributed by atoms with E-state index in [1.54, 1.807) is 0 Å². The lowest BCUT2D eigenvalue weighted by molar-refractivity contribution is 0.728. The fourth-order valence-corrected chi connectivity index (χ4v) is 2.04. The van der Waals surface area contributed by atoms with Crippen molar-refractivity contribution in [2.45, 2.75) is 23.8 Å². The Labute approximate surface area is 73.8 Å². The molecule has 0 saturated heterocycles. The van der Waals surface area contributed by atoms with Gasteiger partial charge in [-0.05, 0) is 6.42 Å². The van der Waals surface area contributed by atoms with Crippen molar-refractivity contribution >= 4 is 22.6 Å². The Kier molecular flexibility index (Phi) is 1.68. The molecule has 2 heterocycles. The highest BCUT2D eigenvalue weighted by Crippen LogP contribution is 2.17. The Balaban J connectivity index is 2.44. The minimum Gasteiger partial charge on any atom is -0.331 e. The Morgan fingerprint density at radius 2 is 2.60 bits per heavy atom. The van der Waals surface area contributed by atoms with E-state index in [0.29, 0.717) is 0 Å². The van der Waals surface area contributed by atoms with Crippen LogP contribution in [0.5, 0.6) is 0 Å². The first-order valence-electron chi connectivity index (χ1n) is 3.51. The average Bonchev–Trinajstić information content (AvgIpc) is 2.44. The van der Waals surface area contributed by atoms with Crippen LogP contribution in [-0.2, 0) is 17.4 Å². The third-order valence-corrected chi connectivity index (χ3v) is 2.72. The van der Waals surface area contributed by atoms with Gasteiger partial charge in [0.15, 0.2) is 0 Å². The third kappa shape index (κ3) is 0.872. The first-order chi connectivity index (χ1) is 4.92. The second kappa shape index (κ2) is 2.53. The molecule has 0 amide bonds. The van der Waals surface area contributed by atoms with Crippen molar-refractivity contribution in [2.75, 3.05) is 0 Å². The number of fused-ring (bicyclic) bond motifs is 1. The Bertz CT molecular complexity index is 242. The Morgan fingerprint density at radius 1 is 1.70 bits per heavy atom. The van der Waals surface area contributed by atoms with Crippen LogP contribution in [0.25, 0.3) is 0 Å². The molecule has 0 bridgehead atoms. The van der Waals surface area contributed by atoms with Crippen molar-refractivity contribution in [3.63, 3.8) is 0 Å². The predicted octanol–water partition coefficient (Wildman–Crippen LogP) is 1.76. The quantitative estimate of drug-likeness (QED) is 0.547. The van der Waals surface area contributed by atoms with Gasteiger partial charge < -0.3 is 4.57 Å². The van der Waals surface area contributed by atoms with E-state index in [-0.39, 0.29) is 0 Å². The lowest BCUT2D eigenvalue weighted by atomic mass is 10.4. The summed E-state index contributed by atoms with van der Waals surface area (Å²) in [7, 11) is 0. The van der Waals surface area contributed by atoms with Gasteiger partial charge in [0.25, 0.3) is 0 Å². The summed E-state index contributed by atoms with van der Waals surface area (Å²) in [6, 6.07) is 0. The second-order valence-corrected chi connectivity index (χ2v) is 3.32. The summed E-state index contributed by atoms with van der Waals surface area (Å²) in [6.45, 7) is 1.19. The standard InChI is InChI=1S/C7H9IN2/c8-4-6-5-9-7-2-1-3-10(6)7/h5H,1-4H2. The van der Waals surface area contributed by atoms with Gasteiger partial charge in [0.1, 0.15) is 5.82 Å². The van der Waals surface area contributed by atoms with E-state index in [1.165, 1.54) is 30.9 Å². The summed E-state index contributed by atoms with van der Waals surface area (Å²) in [6.07, 6.45) is 4.46. The molecule has 2 nitrogen and oxygen atoms in total. The topological polar surface area (TPSA) is 17.8 Å². The number of aromatic nitrogens is 2. The molecule has 0 spiro atoms. The molecule has 2 rings (SSSR count). The summed E-state index contributed by atoms with van der Waals surface area (Å²) >= 11 is 2.38. The maximum atomic E-state index is 4.33. The zero-order chi connectivity index (χ0) is 6.97. The first-order valence-corrected chi connectivity index (χ1v) is 5.03. The van der Waals surface area contributed by atoms with E-state index >= 15 is 0 Å². The molecular weight excluding hydrogens is 239 g/mol. The van der Waals surface area contributed by atoms with Gasteiger partial charge in [-0.2, -0.15) is 0 Å². The van der Waals surface area contributed by atoms with Gasteiger partial charge in [0.2, 0.25) is 0 Å². The van der Waals surface area contributed by atoms with Crippen molar-refractivity contribution < 1.29 is 0 Å². The molecule has 1 aliphatic rings. The van der Waals surface area contributed by atoms with Crippen LogP contribution in [0.2, 0.25) is 0 Å². The molecule has 0 N–H and O–H groups in total. The Morgan fingerprint density at radius 3 is 3.40 bits per heavy atom. The number of rotatable bonds is 1. The number of alkyl halides is 1. The number of imidazole rings is 1. The summed E-state index contributed by atoms with van der Waals surface area (Å²) in [5.74, 6) is 1.28. The van der Waals surface area contributed by atoms with Gasteiger partial charge >= 0.3 is 0 Å². The van der Waals surface area contributed by atoms with E-state index in [1.807, 2.05) is 6.20 Å². The number of halogens is 1. The van der Waals surface area contributed by atoms with Crippen LogP contribution >= 0.6 is 22.6 Å². The highest BCUT2D eigenvalue weighted by molar-refractivity contribution is 14.1. The number of hydrogen-bond acceptors (Lipinski definition) is 1. The molecule has 0 aliphatic carbocycles. The van der Waals surface area contributed by atoms with Crippen LogP contribution in [0.15, 0.2) is 6.20 Å². The zero-order valence-corrected chi connectivity index (χ0v) is 7.84. The first kappa shape index (κ1) is 6.64. The summed E-state index contributed by atoms with van der Waals surface area (Å²) < 4.78 is 3.43. The van der Waals surface area contributed by atoms with E-state index in [4.69, 9.17) is 0 Å². The van der Waals surface area contributed by atoms with Gasteiger partial charge in [-0.1, -0.05) is 22.6 Å². The van der Waals surface area contributed by atoms with Crippen molar-refractivity contribution in [3.8, 4) is 0 Å². The van der Waals surface area contributed by atoms with Crippen LogP contribution in [0, 0.1) is 0 Å². The van der Waals surface area contributed by atoms with Gasteiger partial charge in [-0.3, -0.25) is 0 Å². The van der Waals surface area contributed by atoms with E-state index in [2.05, 4.69) is 32.1 Å². The van der Waals surface area contributed by atoms with Gasteiger partial charge in [0, 0.05) is 29.3 Å². The molecule has 3 heteroatoms. The van der Waals surface area contributed by atoms with E-state index in [0.717, 1.165) is 4.43 Å². The number of hydrogen-bond donors (Lipinski definition) is 0. The maximum Gasteiger partial charge on any atom is 0.108 e. The van der Waals surface area contributed by atoms with Crippen molar-refractivity contribution in [1.82, 2.24) is 9.55 Å². The third-order valence-electron chi connectivity index (χ3n) is 1.94. The van der Waals surface area contributed by atoms with Crippen LogP contribution < -0.4 is 0 Å². The average molecular weight is 248 g/mol. The van der Waals surface area contributed by atoms with Gasteiger partial charge in [-0.25, -0.2) is 4.98 Å². The van der Waals surface area contributed by atoms with Crippen molar-refractivity contribution in [2.24, 2.45) is 0 Å². The lowest BCUT2D eigenvalue weighted by Gasteiger charge is -1.98. The summed E-state index contributed by atoms with van der Waals surface area (Å²) in [4.78, 5) is 4.33. The molecule has 54 valence electrons. The number of aryl methyl sites for hydroxylation is 1. The highest BCUT2D eigenvalue weighted by atomic mass is 127. The zero-order valence-electron chi connectivity index (χ0n) is 5.68. The molecule has 1 aromatic rings. The van der Waals surface area contributed by atoms with Crippen LogP contribution in [0.1, 0.15) is 17.9 Å². The maximum absolute atomic E-state index is 4.33. The largest absolute Gasteiger partial charge is 0.331 e. The van der Waals surface area contributed by atoms with Crippen molar-refractivity contribution in [3.05, 3.63) is 17.7 Å². The molecule has 0 atom stereocenters. The predicted molar refractivity (Wildman–Crippen MR) is 48.3 cm³/mol. The molecular formula is C7H9IN2. The van der Waals surface area contributed by atoms with Crippen LogP contribution in [-0.4, -0.2) is 9.55 Å². The van der Waals surface area contributed by atoms with Crippen LogP contribution in [0.4, 0.5) is 0 Å². The molecule has 0 fully saturated rings. The fourth-order valence-electron chi connectivity index (χ4n) is 1.43. The van der Waals surface area contributed by atoms with E-state index < -0.39 is 0 Å². The summed E-state index contributed by atoms with van der Waals surface area (Å²) in [5, 5.41) is 0. The molecule has 0 aromatic carbocycles. The molecule has 1 aliphatic heterocycles. The molecule has 0 radical (unpaired) electrons. The molecule has 1 aromatic heterocycles. The lowest BCUT2D eigenvalue weighted by Crippen LogP contribution is -1.95. The number of nitrogens with zero attached hydrogens (tertiary/aromatic N) is 2. The normalized spacial score (nSPS) is 15.7. The highest BCUT2D eigenvalue weighted by Gasteiger charge is 2.13. The minimum atomic E-state index is 1.09. The van der Waals surface area contributed by atoms with Gasteiger partial charge in [0.05, 0.1) is 0 Å². The fraction of sp³-hybridized carbons (Fsp3) is 0.571. The SMILES string of the molecule is ICc1cnc2n1CCC2. The smallest absolute Gasteiger partial charge is 0.108 e. The van der Waals surface area contributed by atoms with E-state index in [9.17, 15) is 0 Å². The van der Waals surface area contributed by atoms with Crippen molar-refractivity contribution in [1.29, 1.82) is 0 Å². The van der Waals surface area contributed by atoms with Gasteiger partial charge in [-0.15, -0.1) is 0 Å². The molecule has 0 saturated carbocycles. The molecule has 0 unspecified atom stereocenters. The minimum absolute atomic E-state index is 1.09. The monoisotopic (exact) mass is 248 g/mol. The second-order valence-electron chi connectivity index (χ2n) is 2.55.